The van der Waals surface area contributed by atoms with Crippen LogP contribution < -0.4 is 15.2 Å². The number of rotatable bonds is 6. The van der Waals surface area contributed by atoms with Crippen LogP contribution in [0.25, 0.3) is 0 Å². The third-order valence-corrected chi connectivity index (χ3v) is 3.94. The van der Waals surface area contributed by atoms with E-state index in [1.54, 1.807) is 14.2 Å². The summed E-state index contributed by atoms with van der Waals surface area (Å²) in [7, 11) is 3.30. The second kappa shape index (κ2) is 7.32. The van der Waals surface area contributed by atoms with Crippen molar-refractivity contribution in [2.24, 2.45) is 5.73 Å². The first-order valence-corrected chi connectivity index (χ1v) is 7.61. The Balaban J connectivity index is 2.16. The van der Waals surface area contributed by atoms with Crippen molar-refractivity contribution in [3.05, 3.63) is 59.2 Å². The Morgan fingerprint density at radius 1 is 0.955 bits per heavy atom. The molecule has 2 aromatic carbocycles. The van der Waals surface area contributed by atoms with Gasteiger partial charge in [-0.05, 0) is 29.5 Å². The zero-order chi connectivity index (χ0) is 16.1. The number of hydrogen-bond donors (Lipinski definition) is 1. The van der Waals surface area contributed by atoms with Crippen LogP contribution in [0.15, 0.2) is 42.5 Å². The topological polar surface area (TPSA) is 44.5 Å². The fourth-order valence-electron chi connectivity index (χ4n) is 2.53. The molecular formula is C19H25NO2. The summed E-state index contributed by atoms with van der Waals surface area (Å²) in [6.07, 6.45) is 0.779. The molecule has 22 heavy (non-hydrogen) atoms. The molecule has 2 N–H and O–H groups in total. The molecule has 0 aliphatic heterocycles. The van der Waals surface area contributed by atoms with Crippen molar-refractivity contribution in [2.45, 2.75) is 32.2 Å². The average Bonchev–Trinajstić information content (AvgIpc) is 2.54. The lowest BCUT2D eigenvalue weighted by Gasteiger charge is -2.17. The molecule has 118 valence electrons. The lowest BCUT2D eigenvalue weighted by molar-refractivity contribution is 0.388. The predicted octanol–water partition coefficient (Wildman–Crippen LogP) is 4.07. The second-order valence-electron chi connectivity index (χ2n) is 5.81. The Kier molecular flexibility index (Phi) is 5.45. The quantitative estimate of drug-likeness (QED) is 0.874. The lowest BCUT2D eigenvalue weighted by atomic mass is 9.96. The summed E-state index contributed by atoms with van der Waals surface area (Å²) < 4.78 is 10.7. The summed E-state index contributed by atoms with van der Waals surface area (Å²) in [5.74, 6) is 2.09. The number of ether oxygens (including phenoxy) is 2. The standard InChI is InChI=1S/C19H25NO2/c1-13(2)15-7-5-14(6-8-15)11-18(20)17-10-9-16(21-3)12-19(17)22-4/h5-10,12-13,18H,11,20H2,1-4H3. The summed E-state index contributed by atoms with van der Waals surface area (Å²) in [6, 6.07) is 14.3. The Labute approximate surface area is 133 Å². The highest BCUT2D eigenvalue weighted by Gasteiger charge is 2.14. The van der Waals surface area contributed by atoms with Crippen molar-refractivity contribution in [3.63, 3.8) is 0 Å². The van der Waals surface area contributed by atoms with Gasteiger partial charge in [0.15, 0.2) is 0 Å². The highest BCUT2D eigenvalue weighted by atomic mass is 16.5. The van der Waals surface area contributed by atoms with Crippen molar-refractivity contribution in [1.82, 2.24) is 0 Å². The second-order valence-corrected chi connectivity index (χ2v) is 5.81. The molecule has 0 saturated heterocycles. The number of benzene rings is 2. The maximum atomic E-state index is 6.37. The molecule has 3 heteroatoms. The van der Waals surface area contributed by atoms with E-state index in [1.807, 2.05) is 18.2 Å². The van der Waals surface area contributed by atoms with Gasteiger partial charge in [-0.1, -0.05) is 44.2 Å². The van der Waals surface area contributed by atoms with Gasteiger partial charge in [-0.3, -0.25) is 0 Å². The van der Waals surface area contributed by atoms with Crippen molar-refractivity contribution < 1.29 is 9.47 Å². The van der Waals surface area contributed by atoms with Gasteiger partial charge < -0.3 is 15.2 Å². The van der Waals surface area contributed by atoms with E-state index in [9.17, 15) is 0 Å². The van der Waals surface area contributed by atoms with Crippen LogP contribution in [0.4, 0.5) is 0 Å². The van der Waals surface area contributed by atoms with E-state index in [0.29, 0.717) is 5.92 Å². The maximum absolute atomic E-state index is 6.37. The smallest absolute Gasteiger partial charge is 0.127 e. The summed E-state index contributed by atoms with van der Waals surface area (Å²) in [4.78, 5) is 0. The van der Waals surface area contributed by atoms with E-state index < -0.39 is 0 Å². The van der Waals surface area contributed by atoms with Crippen molar-refractivity contribution >= 4 is 0 Å². The van der Waals surface area contributed by atoms with Crippen LogP contribution in [-0.2, 0) is 6.42 Å². The number of nitrogens with two attached hydrogens (primary N) is 1. The average molecular weight is 299 g/mol. The van der Waals surface area contributed by atoms with Crippen LogP contribution in [-0.4, -0.2) is 14.2 Å². The highest BCUT2D eigenvalue weighted by molar-refractivity contribution is 5.43. The molecule has 0 heterocycles. The minimum atomic E-state index is -0.106. The van der Waals surface area contributed by atoms with Crippen LogP contribution in [0, 0.1) is 0 Å². The molecule has 0 radical (unpaired) electrons. The molecule has 0 aromatic heterocycles. The molecule has 0 spiro atoms. The third-order valence-electron chi connectivity index (χ3n) is 3.94. The number of hydrogen-bond acceptors (Lipinski definition) is 3. The van der Waals surface area contributed by atoms with Crippen LogP contribution >= 0.6 is 0 Å². The van der Waals surface area contributed by atoms with Gasteiger partial charge in [-0.15, -0.1) is 0 Å². The van der Waals surface area contributed by atoms with Gasteiger partial charge in [-0.25, -0.2) is 0 Å². The molecule has 2 rings (SSSR count). The maximum Gasteiger partial charge on any atom is 0.127 e. The SMILES string of the molecule is COc1ccc(C(N)Cc2ccc(C(C)C)cc2)c(OC)c1. The van der Waals surface area contributed by atoms with Crippen molar-refractivity contribution in [2.75, 3.05) is 14.2 Å². The molecule has 3 nitrogen and oxygen atoms in total. The van der Waals surface area contributed by atoms with Gasteiger partial charge in [0, 0.05) is 17.7 Å². The van der Waals surface area contributed by atoms with E-state index in [2.05, 4.69) is 38.1 Å². The van der Waals surface area contributed by atoms with E-state index in [1.165, 1.54) is 11.1 Å². The molecule has 0 amide bonds. The molecule has 0 fully saturated rings. The highest BCUT2D eigenvalue weighted by Crippen LogP contribution is 2.30. The van der Waals surface area contributed by atoms with E-state index >= 15 is 0 Å². The minimum absolute atomic E-state index is 0.106. The van der Waals surface area contributed by atoms with Gasteiger partial charge >= 0.3 is 0 Å². The summed E-state index contributed by atoms with van der Waals surface area (Å²) in [6.45, 7) is 4.39. The van der Waals surface area contributed by atoms with Gasteiger partial charge in [0.25, 0.3) is 0 Å². The third kappa shape index (κ3) is 3.80. The Morgan fingerprint density at radius 3 is 2.18 bits per heavy atom. The van der Waals surface area contributed by atoms with Gasteiger partial charge in [0.1, 0.15) is 11.5 Å². The van der Waals surface area contributed by atoms with Crippen LogP contribution in [0.1, 0.15) is 42.5 Å². The Bertz CT molecular complexity index is 605. The van der Waals surface area contributed by atoms with Gasteiger partial charge in [0.2, 0.25) is 0 Å². The molecular weight excluding hydrogens is 274 g/mol. The Morgan fingerprint density at radius 2 is 1.64 bits per heavy atom. The van der Waals surface area contributed by atoms with Crippen LogP contribution in [0.5, 0.6) is 11.5 Å². The predicted molar refractivity (Wildman–Crippen MR) is 90.7 cm³/mol. The normalized spacial score (nSPS) is 12.3. The molecule has 2 aromatic rings. The van der Waals surface area contributed by atoms with Crippen LogP contribution in [0.2, 0.25) is 0 Å². The molecule has 0 bridgehead atoms. The summed E-state index contributed by atoms with van der Waals surface area (Å²) in [5, 5.41) is 0. The fourth-order valence-corrected chi connectivity index (χ4v) is 2.53. The Hall–Kier alpha value is -2.00. The summed E-state index contributed by atoms with van der Waals surface area (Å²) >= 11 is 0. The van der Waals surface area contributed by atoms with E-state index in [4.69, 9.17) is 15.2 Å². The first-order chi connectivity index (χ1) is 10.5. The van der Waals surface area contributed by atoms with Crippen molar-refractivity contribution in [3.8, 4) is 11.5 Å². The minimum Gasteiger partial charge on any atom is -0.497 e. The van der Waals surface area contributed by atoms with Gasteiger partial charge in [-0.2, -0.15) is 0 Å². The molecule has 0 aliphatic carbocycles. The zero-order valence-corrected chi connectivity index (χ0v) is 13.8. The fraction of sp³-hybridized carbons (Fsp3) is 0.368. The van der Waals surface area contributed by atoms with E-state index in [0.717, 1.165) is 23.5 Å². The summed E-state index contributed by atoms with van der Waals surface area (Å²) in [5.41, 5.74) is 9.95. The lowest BCUT2D eigenvalue weighted by Crippen LogP contribution is -2.14. The van der Waals surface area contributed by atoms with Crippen LogP contribution in [0.3, 0.4) is 0 Å². The molecule has 1 unspecified atom stereocenters. The largest absolute Gasteiger partial charge is 0.497 e. The zero-order valence-electron chi connectivity index (χ0n) is 13.8. The van der Waals surface area contributed by atoms with Gasteiger partial charge in [0.05, 0.1) is 14.2 Å². The number of methoxy groups -OCH3 is 2. The molecule has 0 saturated carbocycles. The monoisotopic (exact) mass is 299 g/mol. The van der Waals surface area contributed by atoms with Crippen molar-refractivity contribution in [1.29, 1.82) is 0 Å². The first kappa shape index (κ1) is 16.4. The molecule has 1 atom stereocenters. The van der Waals surface area contributed by atoms with E-state index in [-0.39, 0.29) is 6.04 Å². The molecule has 0 aliphatic rings. The first-order valence-electron chi connectivity index (χ1n) is 7.61.